The second kappa shape index (κ2) is 9.96. The largest absolute Gasteiger partial charge is 0.504 e. The Morgan fingerprint density at radius 2 is 1.88 bits per heavy atom. The van der Waals surface area contributed by atoms with Crippen LogP contribution in [-0.2, 0) is 0 Å². The number of carbonyl (C=O) groups is 1. The zero-order valence-electron chi connectivity index (χ0n) is 17.7. The summed E-state index contributed by atoms with van der Waals surface area (Å²) in [7, 11) is 2.83. The van der Waals surface area contributed by atoms with E-state index >= 15 is 0 Å². The molecular weight excluding hydrogens is 436 g/mol. The Bertz CT molecular complexity index is 1190. The summed E-state index contributed by atoms with van der Waals surface area (Å²) in [6, 6.07) is 9.96. The molecule has 2 aromatic carbocycles. The molecule has 0 spiro atoms. The SMILES string of the molecule is COc1cc(C(=Nc2ccc(-c3noc(C)n3)cc2)C(=NC(=O)O)SC)cc(O)c1OC. The molecule has 3 rings (SSSR count). The zero-order valence-corrected chi connectivity index (χ0v) is 18.5. The Morgan fingerprint density at radius 1 is 1.16 bits per heavy atom. The normalized spacial score (nSPS) is 12.0. The second-order valence-electron chi connectivity index (χ2n) is 6.28. The summed E-state index contributed by atoms with van der Waals surface area (Å²) in [5, 5.41) is 23.6. The summed E-state index contributed by atoms with van der Waals surface area (Å²) in [6.45, 7) is 1.70. The first kappa shape index (κ1) is 22.8. The number of carboxylic acid groups (broad SMARTS) is 1. The van der Waals surface area contributed by atoms with Gasteiger partial charge in [-0.3, -0.25) is 0 Å². The van der Waals surface area contributed by atoms with Crippen molar-refractivity contribution in [1.29, 1.82) is 0 Å². The van der Waals surface area contributed by atoms with Crippen LogP contribution in [0, 0.1) is 6.92 Å². The molecule has 1 aromatic heterocycles. The molecule has 0 atom stereocenters. The van der Waals surface area contributed by atoms with Gasteiger partial charge in [0.1, 0.15) is 10.8 Å². The van der Waals surface area contributed by atoms with Crippen LogP contribution in [0.1, 0.15) is 11.5 Å². The molecule has 166 valence electrons. The number of aryl methyl sites for hydroxylation is 1. The topological polar surface area (TPSA) is 140 Å². The smallest absolute Gasteiger partial charge is 0.432 e. The Kier molecular flexibility index (Phi) is 7.11. The number of phenolic OH excluding ortho intramolecular Hbond substituents is 1. The number of aliphatic imine (C=N–C) groups is 2. The average molecular weight is 456 g/mol. The fourth-order valence-electron chi connectivity index (χ4n) is 2.83. The van der Waals surface area contributed by atoms with Crippen LogP contribution in [0.5, 0.6) is 17.2 Å². The van der Waals surface area contributed by atoms with Crippen molar-refractivity contribution in [2.45, 2.75) is 6.92 Å². The molecule has 1 heterocycles. The minimum absolute atomic E-state index is 0.141. The molecule has 1 amide bonds. The van der Waals surface area contributed by atoms with Crippen LogP contribution in [0.3, 0.4) is 0 Å². The highest BCUT2D eigenvalue weighted by molar-refractivity contribution is 8.15. The number of amides is 1. The van der Waals surface area contributed by atoms with Gasteiger partial charge < -0.3 is 24.2 Å². The molecule has 0 fully saturated rings. The molecule has 2 N–H and O–H groups in total. The Labute approximate surface area is 187 Å². The van der Waals surface area contributed by atoms with Gasteiger partial charge in [0.15, 0.2) is 11.5 Å². The van der Waals surface area contributed by atoms with E-state index in [9.17, 15) is 15.0 Å². The number of benzene rings is 2. The molecule has 10 nitrogen and oxygen atoms in total. The fraction of sp³-hybridized carbons (Fsp3) is 0.190. The molecule has 0 bridgehead atoms. The lowest BCUT2D eigenvalue weighted by atomic mass is 10.1. The number of hydrogen-bond acceptors (Lipinski definition) is 9. The van der Waals surface area contributed by atoms with Crippen LogP contribution in [0.4, 0.5) is 10.5 Å². The lowest BCUT2D eigenvalue weighted by Gasteiger charge is -2.14. The minimum atomic E-state index is -1.37. The summed E-state index contributed by atoms with van der Waals surface area (Å²) < 4.78 is 15.5. The fourth-order valence-corrected chi connectivity index (χ4v) is 3.36. The van der Waals surface area contributed by atoms with Crippen LogP contribution in [-0.4, -0.2) is 57.7 Å². The molecule has 0 saturated carbocycles. The highest BCUT2D eigenvalue weighted by Crippen LogP contribution is 2.38. The van der Waals surface area contributed by atoms with Crippen molar-refractivity contribution in [2.24, 2.45) is 9.98 Å². The predicted molar refractivity (Wildman–Crippen MR) is 121 cm³/mol. The van der Waals surface area contributed by atoms with Gasteiger partial charge in [-0.25, -0.2) is 9.79 Å². The van der Waals surface area contributed by atoms with Crippen LogP contribution in [0.2, 0.25) is 0 Å². The first-order valence-corrected chi connectivity index (χ1v) is 10.4. The molecule has 0 aliphatic rings. The molecule has 3 aromatic rings. The van der Waals surface area contributed by atoms with Crippen molar-refractivity contribution in [1.82, 2.24) is 10.1 Å². The highest BCUT2D eigenvalue weighted by Gasteiger charge is 2.19. The van der Waals surface area contributed by atoms with Gasteiger partial charge in [-0.05, 0) is 42.7 Å². The van der Waals surface area contributed by atoms with Crippen molar-refractivity contribution in [2.75, 3.05) is 20.5 Å². The van der Waals surface area contributed by atoms with E-state index in [-0.39, 0.29) is 28.0 Å². The maximum atomic E-state index is 11.3. The Morgan fingerprint density at radius 3 is 2.41 bits per heavy atom. The van der Waals surface area contributed by atoms with Gasteiger partial charge in [-0.15, -0.1) is 11.8 Å². The monoisotopic (exact) mass is 456 g/mol. The first-order valence-electron chi connectivity index (χ1n) is 9.17. The lowest BCUT2D eigenvalue weighted by molar-refractivity contribution is 0.206. The number of hydrogen-bond donors (Lipinski definition) is 2. The van der Waals surface area contributed by atoms with Crippen LogP contribution >= 0.6 is 11.8 Å². The molecule has 0 aliphatic heterocycles. The third-order valence-corrected chi connectivity index (χ3v) is 4.89. The zero-order chi connectivity index (χ0) is 23.3. The number of nitrogens with zero attached hydrogens (tertiary/aromatic N) is 4. The second-order valence-corrected chi connectivity index (χ2v) is 7.07. The number of methoxy groups -OCH3 is 2. The van der Waals surface area contributed by atoms with E-state index in [1.165, 1.54) is 20.3 Å². The third-order valence-electron chi connectivity index (χ3n) is 4.22. The van der Waals surface area contributed by atoms with Gasteiger partial charge in [-0.1, -0.05) is 5.16 Å². The van der Waals surface area contributed by atoms with Gasteiger partial charge in [0, 0.05) is 18.1 Å². The summed E-state index contributed by atoms with van der Waals surface area (Å²) in [4.78, 5) is 23.7. The number of thioether (sulfide) groups is 1. The Balaban J connectivity index is 2.12. The average Bonchev–Trinajstić information content (AvgIpc) is 3.22. The van der Waals surface area contributed by atoms with Crippen LogP contribution in [0.25, 0.3) is 11.4 Å². The molecule has 0 saturated heterocycles. The van der Waals surface area contributed by atoms with Gasteiger partial charge in [0.25, 0.3) is 0 Å². The number of aromatic nitrogens is 2. The van der Waals surface area contributed by atoms with E-state index in [1.807, 2.05) is 0 Å². The van der Waals surface area contributed by atoms with Gasteiger partial charge in [-0.2, -0.15) is 9.98 Å². The van der Waals surface area contributed by atoms with Crippen molar-refractivity contribution in [3.63, 3.8) is 0 Å². The van der Waals surface area contributed by atoms with Crippen molar-refractivity contribution in [3.8, 4) is 28.6 Å². The van der Waals surface area contributed by atoms with Crippen LogP contribution < -0.4 is 9.47 Å². The maximum Gasteiger partial charge on any atom is 0.432 e. The Hall–Kier alpha value is -3.86. The predicted octanol–water partition coefficient (Wildman–Crippen LogP) is 4.33. The van der Waals surface area contributed by atoms with Gasteiger partial charge in [0.05, 0.1) is 19.9 Å². The van der Waals surface area contributed by atoms with Crippen LogP contribution in [0.15, 0.2) is 50.9 Å². The quantitative estimate of drug-likeness (QED) is 0.410. The van der Waals surface area contributed by atoms with Gasteiger partial charge >= 0.3 is 6.09 Å². The van der Waals surface area contributed by atoms with E-state index in [1.54, 1.807) is 43.5 Å². The van der Waals surface area contributed by atoms with Crippen molar-refractivity contribution in [3.05, 3.63) is 47.9 Å². The van der Waals surface area contributed by atoms with Crippen molar-refractivity contribution < 1.29 is 29.0 Å². The number of ether oxygens (including phenoxy) is 2. The molecule has 0 aliphatic carbocycles. The van der Waals surface area contributed by atoms with E-state index in [2.05, 4.69) is 20.1 Å². The highest BCUT2D eigenvalue weighted by atomic mass is 32.2. The van der Waals surface area contributed by atoms with E-state index in [4.69, 9.17) is 14.0 Å². The van der Waals surface area contributed by atoms with E-state index < -0.39 is 6.09 Å². The number of phenols is 1. The third kappa shape index (κ3) is 5.06. The number of rotatable bonds is 6. The maximum absolute atomic E-state index is 11.3. The number of aromatic hydroxyl groups is 1. The van der Waals surface area contributed by atoms with E-state index in [0.717, 1.165) is 17.3 Å². The standard InChI is InChI=1S/C21H20N4O6S/c1-11-22-19(25-31-11)12-5-7-14(8-6-12)23-17(20(32-4)24-21(27)28)13-9-15(26)18(30-3)16(10-13)29-2/h5-10,26H,1-4H3,(H,27,28). The molecule has 0 radical (unpaired) electrons. The summed E-state index contributed by atoms with van der Waals surface area (Å²) in [5.74, 6) is 1.12. The summed E-state index contributed by atoms with van der Waals surface area (Å²) >= 11 is 1.10. The molecule has 32 heavy (non-hydrogen) atoms. The molecular formula is C21H20N4O6S. The first-order chi connectivity index (χ1) is 15.4. The van der Waals surface area contributed by atoms with E-state index in [0.29, 0.717) is 23.0 Å². The lowest BCUT2D eigenvalue weighted by Crippen LogP contribution is -2.14. The molecule has 0 unspecified atom stereocenters. The summed E-state index contributed by atoms with van der Waals surface area (Å²) in [5.41, 5.74) is 1.88. The van der Waals surface area contributed by atoms with Crippen molar-refractivity contribution >= 4 is 34.3 Å². The van der Waals surface area contributed by atoms with Gasteiger partial charge in [0.2, 0.25) is 17.5 Å². The minimum Gasteiger partial charge on any atom is -0.504 e. The molecule has 11 heteroatoms. The summed E-state index contributed by atoms with van der Waals surface area (Å²) in [6.07, 6.45) is 0.314.